The SMILES string of the molecule is O=C(NCCC[NH+]1CCCCC1)c1c(O)c2c([nH]c1=O)CCCC2. The predicted molar refractivity (Wildman–Crippen MR) is 91.7 cm³/mol. The number of aryl methyl sites for hydroxylation is 1. The number of hydrogen-bond acceptors (Lipinski definition) is 3. The number of pyridine rings is 1. The third-order valence-electron chi connectivity index (χ3n) is 5.26. The summed E-state index contributed by atoms with van der Waals surface area (Å²) < 4.78 is 0. The Morgan fingerprint density at radius 1 is 1.12 bits per heavy atom. The number of hydrogen-bond donors (Lipinski definition) is 4. The summed E-state index contributed by atoms with van der Waals surface area (Å²) in [6, 6.07) is 0. The van der Waals surface area contributed by atoms with Gasteiger partial charge < -0.3 is 20.3 Å². The highest BCUT2D eigenvalue weighted by atomic mass is 16.3. The third kappa shape index (κ3) is 3.80. The lowest BCUT2D eigenvalue weighted by Gasteiger charge is -2.23. The fraction of sp³-hybridized carbons (Fsp3) is 0.667. The number of aromatic amines is 1. The second-order valence-electron chi connectivity index (χ2n) is 7.01. The van der Waals surface area contributed by atoms with Gasteiger partial charge in [0.1, 0.15) is 11.3 Å². The minimum absolute atomic E-state index is 0.118. The lowest BCUT2D eigenvalue weighted by molar-refractivity contribution is -0.904. The first-order chi connectivity index (χ1) is 11.7. The summed E-state index contributed by atoms with van der Waals surface area (Å²) in [5.41, 5.74) is 0.922. The Bertz CT molecular complexity index is 648. The minimum atomic E-state index is -0.479. The number of piperidine rings is 1. The largest absolute Gasteiger partial charge is 0.507 e. The molecule has 132 valence electrons. The zero-order valence-corrected chi connectivity index (χ0v) is 14.2. The van der Waals surface area contributed by atoms with Gasteiger partial charge in [-0.05, 0) is 44.9 Å². The molecule has 24 heavy (non-hydrogen) atoms. The second-order valence-corrected chi connectivity index (χ2v) is 7.01. The van der Waals surface area contributed by atoms with Crippen LogP contribution in [0.25, 0.3) is 0 Å². The molecule has 0 radical (unpaired) electrons. The monoisotopic (exact) mass is 334 g/mol. The number of rotatable bonds is 5. The number of carbonyl (C=O) groups is 1. The normalized spacial score (nSPS) is 18.2. The minimum Gasteiger partial charge on any atom is -0.507 e. The van der Waals surface area contributed by atoms with Crippen LogP contribution in [-0.4, -0.2) is 42.2 Å². The molecule has 1 aliphatic heterocycles. The fourth-order valence-corrected chi connectivity index (χ4v) is 3.90. The van der Waals surface area contributed by atoms with E-state index in [1.807, 2.05) is 0 Å². The first kappa shape index (κ1) is 17.0. The molecule has 2 aliphatic rings. The Labute approximate surface area is 142 Å². The van der Waals surface area contributed by atoms with Gasteiger partial charge >= 0.3 is 0 Å². The van der Waals surface area contributed by atoms with Gasteiger partial charge in [0, 0.05) is 24.2 Å². The number of aromatic nitrogens is 1. The lowest BCUT2D eigenvalue weighted by atomic mass is 9.93. The van der Waals surface area contributed by atoms with Crippen molar-refractivity contribution in [3.63, 3.8) is 0 Å². The number of H-pyrrole nitrogens is 1. The van der Waals surface area contributed by atoms with Gasteiger partial charge in [0.05, 0.1) is 19.6 Å². The van der Waals surface area contributed by atoms with Crippen molar-refractivity contribution in [3.05, 3.63) is 27.2 Å². The average Bonchev–Trinajstić information content (AvgIpc) is 2.60. The van der Waals surface area contributed by atoms with Crippen molar-refractivity contribution in [1.82, 2.24) is 10.3 Å². The zero-order chi connectivity index (χ0) is 16.9. The van der Waals surface area contributed by atoms with Gasteiger partial charge in [-0.3, -0.25) is 9.59 Å². The molecule has 0 atom stereocenters. The number of likely N-dealkylation sites (tertiary alicyclic amines) is 1. The van der Waals surface area contributed by atoms with Crippen molar-refractivity contribution < 1.29 is 14.8 Å². The van der Waals surface area contributed by atoms with Crippen LogP contribution in [-0.2, 0) is 12.8 Å². The molecular formula is C18H28N3O3+. The van der Waals surface area contributed by atoms with Crippen LogP contribution in [0.4, 0.5) is 0 Å². The highest BCUT2D eigenvalue weighted by Crippen LogP contribution is 2.28. The van der Waals surface area contributed by atoms with Crippen LogP contribution in [0.5, 0.6) is 5.75 Å². The van der Waals surface area contributed by atoms with E-state index in [9.17, 15) is 14.7 Å². The van der Waals surface area contributed by atoms with Gasteiger partial charge in [0.2, 0.25) is 0 Å². The van der Waals surface area contributed by atoms with Crippen LogP contribution in [0.15, 0.2) is 4.79 Å². The molecule has 1 amide bonds. The quantitative estimate of drug-likeness (QED) is 0.578. The molecule has 1 fully saturated rings. The van der Waals surface area contributed by atoms with E-state index in [2.05, 4.69) is 10.3 Å². The molecule has 1 aromatic rings. The Kier molecular flexibility index (Phi) is 5.56. The lowest BCUT2D eigenvalue weighted by Crippen LogP contribution is -3.12. The van der Waals surface area contributed by atoms with Crippen molar-refractivity contribution in [1.29, 1.82) is 0 Å². The zero-order valence-electron chi connectivity index (χ0n) is 14.2. The first-order valence-electron chi connectivity index (χ1n) is 9.25. The Morgan fingerprint density at radius 3 is 2.67 bits per heavy atom. The van der Waals surface area contributed by atoms with Crippen LogP contribution in [0.2, 0.25) is 0 Å². The van der Waals surface area contributed by atoms with Gasteiger partial charge in [0.15, 0.2) is 0 Å². The molecule has 2 heterocycles. The molecule has 0 bridgehead atoms. The Balaban J connectivity index is 1.57. The molecule has 3 rings (SSSR count). The number of aromatic hydroxyl groups is 1. The summed E-state index contributed by atoms with van der Waals surface area (Å²) in [4.78, 5) is 28.9. The van der Waals surface area contributed by atoms with Gasteiger partial charge in [-0.15, -0.1) is 0 Å². The van der Waals surface area contributed by atoms with Crippen molar-refractivity contribution in [2.45, 2.75) is 51.4 Å². The number of amides is 1. The van der Waals surface area contributed by atoms with Crippen molar-refractivity contribution in [3.8, 4) is 5.75 Å². The molecule has 1 aromatic heterocycles. The summed E-state index contributed by atoms with van der Waals surface area (Å²) in [5.74, 6) is -0.580. The molecule has 6 heteroatoms. The van der Waals surface area contributed by atoms with E-state index < -0.39 is 11.5 Å². The van der Waals surface area contributed by atoms with E-state index in [-0.39, 0.29) is 11.3 Å². The number of nitrogens with one attached hydrogen (secondary N) is 3. The molecule has 0 aromatic carbocycles. The molecule has 1 aliphatic carbocycles. The van der Waals surface area contributed by atoms with E-state index >= 15 is 0 Å². The van der Waals surface area contributed by atoms with Crippen LogP contribution in [0.3, 0.4) is 0 Å². The van der Waals surface area contributed by atoms with Crippen LogP contribution >= 0.6 is 0 Å². The van der Waals surface area contributed by atoms with Gasteiger partial charge in [-0.2, -0.15) is 0 Å². The average molecular weight is 334 g/mol. The molecular weight excluding hydrogens is 306 g/mol. The second kappa shape index (κ2) is 7.83. The van der Waals surface area contributed by atoms with Gasteiger partial charge in [-0.25, -0.2) is 0 Å². The third-order valence-corrected chi connectivity index (χ3v) is 5.26. The first-order valence-corrected chi connectivity index (χ1v) is 9.25. The van der Waals surface area contributed by atoms with Crippen LogP contribution < -0.4 is 15.8 Å². The van der Waals surface area contributed by atoms with Gasteiger partial charge in [-0.1, -0.05) is 0 Å². The number of quaternary nitrogens is 1. The Morgan fingerprint density at radius 2 is 1.88 bits per heavy atom. The van der Waals surface area contributed by atoms with Crippen molar-refractivity contribution >= 4 is 5.91 Å². The van der Waals surface area contributed by atoms with Crippen molar-refractivity contribution in [2.75, 3.05) is 26.2 Å². The van der Waals surface area contributed by atoms with E-state index in [1.165, 1.54) is 32.4 Å². The maximum absolute atomic E-state index is 12.3. The molecule has 0 saturated carbocycles. The highest BCUT2D eigenvalue weighted by Gasteiger charge is 2.23. The maximum atomic E-state index is 12.3. The van der Waals surface area contributed by atoms with E-state index in [0.717, 1.165) is 49.9 Å². The molecule has 0 unspecified atom stereocenters. The van der Waals surface area contributed by atoms with Gasteiger partial charge in [0.25, 0.3) is 11.5 Å². The Hall–Kier alpha value is -1.82. The summed E-state index contributed by atoms with van der Waals surface area (Å²) >= 11 is 0. The van der Waals surface area contributed by atoms with E-state index in [1.54, 1.807) is 4.90 Å². The maximum Gasteiger partial charge on any atom is 0.264 e. The smallest absolute Gasteiger partial charge is 0.264 e. The summed E-state index contributed by atoms with van der Waals surface area (Å²) in [5, 5.41) is 13.2. The number of carbonyl (C=O) groups excluding carboxylic acids is 1. The summed E-state index contributed by atoms with van der Waals surface area (Å²) in [7, 11) is 0. The molecule has 6 nitrogen and oxygen atoms in total. The summed E-state index contributed by atoms with van der Waals surface area (Å²) in [6.07, 6.45) is 8.28. The molecule has 1 saturated heterocycles. The number of fused-ring (bicyclic) bond motifs is 1. The van der Waals surface area contributed by atoms with Crippen LogP contribution in [0.1, 0.15) is 60.1 Å². The van der Waals surface area contributed by atoms with E-state index in [4.69, 9.17) is 0 Å². The highest BCUT2D eigenvalue weighted by molar-refractivity contribution is 5.96. The predicted octanol–water partition coefficient (Wildman–Crippen LogP) is 0.148. The van der Waals surface area contributed by atoms with E-state index in [0.29, 0.717) is 6.54 Å². The van der Waals surface area contributed by atoms with Crippen LogP contribution in [0, 0.1) is 0 Å². The van der Waals surface area contributed by atoms with Crippen molar-refractivity contribution in [2.24, 2.45) is 0 Å². The molecule has 0 spiro atoms. The standard InChI is InChI=1S/C18H27N3O3/c22-16-13-7-2-3-8-14(13)20-18(24)15(16)17(23)19-9-6-12-21-10-4-1-5-11-21/h1-12H2,(H,19,23)(H2,20,22,24)/p+1. The topological polar surface area (TPSA) is 86.6 Å². The summed E-state index contributed by atoms with van der Waals surface area (Å²) in [6.45, 7) is 4.03. The fourth-order valence-electron chi connectivity index (χ4n) is 3.90. The molecule has 4 N–H and O–H groups in total.